The Morgan fingerprint density at radius 2 is 1.90 bits per heavy atom. The minimum atomic E-state index is -0.619. The van der Waals surface area contributed by atoms with E-state index in [1.807, 2.05) is 0 Å². The Morgan fingerprint density at radius 1 is 1.27 bits per heavy atom. The zero-order valence-corrected chi connectivity index (χ0v) is 17.4. The minimum Gasteiger partial charge on any atom is -0.495 e. The van der Waals surface area contributed by atoms with Gasteiger partial charge in [0.2, 0.25) is 5.69 Å². The van der Waals surface area contributed by atoms with Gasteiger partial charge in [0.05, 0.1) is 22.6 Å². The molecule has 0 aliphatic heterocycles. The molecular formula is C21H23ClN4O4. The van der Waals surface area contributed by atoms with Crippen LogP contribution in [0.25, 0.3) is 0 Å². The third-order valence-corrected chi connectivity index (χ3v) is 7.30. The average Bonchev–Trinajstić information content (AvgIpc) is 3.14. The molecular weight excluding hydrogens is 408 g/mol. The molecule has 4 bridgehead atoms. The van der Waals surface area contributed by atoms with Crippen LogP contribution < -0.4 is 10.1 Å². The van der Waals surface area contributed by atoms with E-state index in [-0.39, 0.29) is 16.9 Å². The number of nitrogens with one attached hydrogen (secondary N) is 1. The normalized spacial score (nSPS) is 29.1. The summed E-state index contributed by atoms with van der Waals surface area (Å²) < 4.78 is 6.85. The van der Waals surface area contributed by atoms with Crippen LogP contribution in [0.15, 0.2) is 24.4 Å². The number of aromatic nitrogens is 2. The number of rotatable bonds is 5. The summed E-state index contributed by atoms with van der Waals surface area (Å²) in [7, 11) is 1.50. The van der Waals surface area contributed by atoms with Crippen LogP contribution in [0.3, 0.4) is 0 Å². The number of carbonyl (C=O) groups is 1. The molecule has 4 fully saturated rings. The fourth-order valence-electron chi connectivity index (χ4n) is 6.18. The summed E-state index contributed by atoms with van der Waals surface area (Å²) in [6, 6.07) is 4.80. The number of nitro groups is 1. The van der Waals surface area contributed by atoms with E-state index in [0.717, 1.165) is 19.3 Å². The van der Waals surface area contributed by atoms with Crippen LogP contribution in [-0.4, -0.2) is 27.7 Å². The van der Waals surface area contributed by atoms with Gasteiger partial charge in [-0.1, -0.05) is 11.6 Å². The van der Waals surface area contributed by atoms with Crippen LogP contribution in [0.2, 0.25) is 5.02 Å². The minimum absolute atomic E-state index is 0.164. The molecule has 30 heavy (non-hydrogen) atoms. The van der Waals surface area contributed by atoms with Crippen LogP contribution >= 0.6 is 11.6 Å². The lowest BCUT2D eigenvalue weighted by Gasteiger charge is -2.56. The lowest BCUT2D eigenvalue weighted by atomic mass is 9.53. The quantitative estimate of drug-likeness (QED) is 0.550. The third-order valence-electron chi connectivity index (χ3n) is 7.01. The SMILES string of the molecule is COc1ccc(NC(=O)c2nn(C34CC5CC(CC(C5)C3)C4)cc2[N+](=O)[O-])cc1Cl. The molecule has 1 N–H and O–H groups in total. The monoisotopic (exact) mass is 430 g/mol. The number of hydrogen-bond donors (Lipinski definition) is 1. The fourth-order valence-corrected chi connectivity index (χ4v) is 6.44. The molecule has 0 atom stereocenters. The van der Waals surface area contributed by atoms with Gasteiger partial charge in [-0.2, -0.15) is 5.10 Å². The number of nitrogens with zero attached hydrogens (tertiary/aromatic N) is 3. The number of amides is 1. The molecule has 4 aliphatic rings. The number of anilines is 1. The van der Waals surface area contributed by atoms with E-state index < -0.39 is 10.8 Å². The summed E-state index contributed by atoms with van der Waals surface area (Å²) >= 11 is 6.12. The molecule has 4 aliphatic carbocycles. The summed E-state index contributed by atoms with van der Waals surface area (Å²) in [4.78, 5) is 24.0. The van der Waals surface area contributed by atoms with Gasteiger partial charge in [-0.15, -0.1) is 0 Å². The van der Waals surface area contributed by atoms with Crippen LogP contribution in [0.5, 0.6) is 5.75 Å². The van der Waals surface area contributed by atoms with Crippen molar-refractivity contribution < 1.29 is 14.5 Å². The van der Waals surface area contributed by atoms with Crippen molar-refractivity contribution >= 4 is 28.9 Å². The number of ether oxygens (including phenoxy) is 1. The zero-order valence-electron chi connectivity index (χ0n) is 16.6. The van der Waals surface area contributed by atoms with E-state index in [2.05, 4.69) is 10.4 Å². The maximum absolute atomic E-state index is 12.9. The first-order valence-electron chi connectivity index (χ1n) is 10.3. The van der Waals surface area contributed by atoms with Crippen LogP contribution in [0.4, 0.5) is 11.4 Å². The molecule has 1 heterocycles. The molecule has 0 radical (unpaired) electrons. The van der Waals surface area contributed by atoms with Crippen molar-refractivity contribution in [2.75, 3.05) is 12.4 Å². The van der Waals surface area contributed by atoms with E-state index in [1.54, 1.807) is 22.9 Å². The molecule has 0 unspecified atom stereocenters. The van der Waals surface area contributed by atoms with E-state index >= 15 is 0 Å². The molecule has 4 saturated carbocycles. The predicted molar refractivity (Wildman–Crippen MR) is 111 cm³/mol. The summed E-state index contributed by atoms with van der Waals surface area (Å²) in [5.41, 5.74) is -0.198. The molecule has 1 amide bonds. The first-order chi connectivity index (χ1) is 14.4. The van der Waals surface area contributed by atoms with Crippen LogP contribution in [0, 0.1) is 27.9 Å². The van der Waals surface area contributed by atoms with Crippen molar-refractivity contribution in [2.45, 2.75) is 44.1 Å². The van der Waals surface area contributed by atoms with Crippen molar-refractivity contribution in [2.24, 2.45) is 17.8 Å². The Kier molecular flexibility index (Phi) is 4.50. The highest BCUT2D eigenvalue weighted by atomic mass is 35.5. The largest absolute Gasteiger partial charge is 0.495 e. The second-order valence-corrected chi connectivity index (χ2v) is 9.42. The van der Waals surface area contributed by atoms with Crippen molar-refractivity contribution in [3.05, 3.63) is 45.2 Å². The van der Waals surface area contributed by atoms with E-state index in [9.17, 15) is 14.9 Å². The summed E-state index contributed by atoms with van der Waals surface area (Å²) in [6.07, 6.45) is 8.21. The molecule has 158 valence electrons. The molecule has 9 heteroatoms. The van der Waals surface area contributed by atoms with Crippen molar-refractivity contribution in [3.8, 4) is 5.75 Å². The van der Waals surface area contributed by atoms with Crippen molar-refractivity contribution in [1.82, 2.24) is 9.78 Å². The summed E-state index contributed by atoms with van der Waals surface area (Å²) in [5, 5.41) is 19.2. The second kappa shape index (κ2) is 6.97. The van der Waals surface area contributed by atoms with Crippen molar-refractivity contribution in [1.29, 1.82) is 0 Å². The Labute approximate surface area is 178 Å². The summed E-state index contributed by atoms with van der Waals surface area (Å²) in [5.74, 6) is 1.85. The van der Waals surface area contributed by atoms with Gasteiger partial charge >= 0.3 is 5.69 Å². The first kappa shape index (κ1) is 19.4. The summed E-state index contributed by atoms with van der Waals surface area (Å²) in [6.45, 7) is 0. The number of methoxy groups -OCH3 is 1. The van der Waals surface area contributed by atoms with Gasteiger partial charge in [0.1, 0.15) is 11.9 Å². The highest BCUT2D eigenvalue weighted by Gasteiger charge is 2.53. The van der Waals surface area contributed by atoms with E-state index in [4.69, 9.17) is 16.3 Å². The standard InChI is InChI=1S/C21H23ClN4O4/c1-30-18-3-2-15(7-16(18)22)23-20(27)19-17(26(28)29)11-25(24-19)21-8-12-4-13(9-21)6-14(5-12)10-21/h2-3,7,11-14H,4-6,8-10H2,1H3,(H,23,27). The second-order valence-electron chi connectivity index (χ2n) is 9.01. The zero-order chi connectivity index (χ0) is 21.0. The average molecular weight is 431 g/mol. The maximum atomic E-state index is 12.9. The van der Waals surface area contributed by atoms with Crippen LogP contribution in [0.1, 0.15) is 49.0 Å². The molecule has 1 aromatic carbocycles. The first-order valence-corrected chi connectivity index (χ1v) is 10.6. The number of hydrogen-bond acceptors (Lipinski definition) is 5. The number of halogens is 1. The number of benzene rings is 1. The smallest absolute Gasteiger partial charge is 0.320 e. The van der Waals surface area contributed by atoms with E-state index in [1.165, 1.54) is 32.6 Å². The molecule has 2 aromatic rings. The van der Waals surface area contributed by atoms with Gasteiger partial charge < -0.3 is 10.1 Å². The molecule has 0 saturated heterocycles. The Balaban J connectivity index is 1.46. The van der Waals surface area contributed by atoms with E-state index in [0.29, 0.717) is 34.2 Å². The highest BCUT2D eigenvalue weighted by Crippen LogP contribution is 2.58. The van der Waals surface area contributed by atoms with Gasteiger partial charge in [0, 0.05) is 5.69 Å². The number of carbonyl (C=O) groups excluding carboxylic acids is 1. The Morgan fingerprint density at radius 3 is 2.43 bits per heavy atom. The van der Waals surface area contributed by atoms with Gasteiger partial charge in [-0.05, 0) is 74.5 Å². The molecule has 8 nitrogen and oxygen atoms in total. The van der Waals surface area contributed by atoms with Gasteiger partial charge in [0.25, 0.3) is 5.91 Å². The van der Waals surface area contributed by atoms with Crippen LogP contribution in [-0.2, 0) is 5.54 Å². The van der Waals surface area contributed by atoms with Gasteiger partial charge in [-0.3, -0.25) is 19.6 Å². The van der Waals surface area contributed by atoms with Gasteiger partial charge in [0.15, 0.2) is 0 Å². The highest BCUT2D eigenvalue weighted by molar-refractivity contribution is 6.32. The Bertz CT molecular complexity index is 999. The third kappa shape index (κ3) is 3.14. The topological polar surface area (TPSA) is 99.3 Å². The Hall–Kier alpha value is -2.61. The fraction of sp³-hybridized carbons (Fsp3) is 0.524. The predicted octanol–water partition coefficient (Wildman–Crippen LogP) is 4.63. The molecule has 1 aromatic heterocycles. The molecule has 0 spiro atoms. The van der Waals surface area contributed by atoms with Crippen molar-refractivity contribution in [3.63, 3.8) is 0 Å². The maximum Gasteiger partial charge on any atom is 0.320 e. The lowest BCUT2D eigenvalue weighted by Crippen LogP contribution is -2.52. The van der Waals surface area contributed by atoms with Gasteiger partial charge in [-0.25, -0.2) is 0 Å². The molecule has 6 rings (SSSR count). The lowest BCUT2D eigenvalue weighted by molar-refractivity contribution is -0.385.